The van der Waals surface area contributed by atoms with Crippen molar-refractivity contribution in [3.8, 4) is 5.75 Å². The van der Waals surface area contributed by atoms with Gasteiger partial charge in [0.15, 0.2) is 0 Å². The molecule has 0 aliphatic rings. The van der Waals surface area contributed by atoms with Gasteiger partial charge in [0.25, 0.3) is 5.69 Å². The highest BCUT2D eigenvalue weighted by Crippen LogP contribution is 2.30. The van der Waals surface area contributed by atoms with Gasteiger partial charge >= 0.3 is 0 Å². The fourth-order valence-corrected chi connectivity index (χ4v) is 0.758. The lowest BCUT2D eigenvalue weighted by molar-refractivity contribution is -0.384. The maximum Gasteiger partial charge on any atom is 0.273 e. The van der Waals surface area contributed by atoms with Gasteiger partial charge in [0.1, 0.15) is 5.75 Å². The van der Waals surface area contributed by atoms with Crippen LogP contribution in [0, 0.1) is 10.1 Å². The van der Waals surface area contributed by atoms with E-state index in [2.05, 4.69) is 10.0 Å². The largest absolute Gasteiger partial charge is 0.507 e. The smallest absolute Gasteiger partial charge is 0.273 e. The Morgan fingerprint density at radius 3 is 2.77 bits per heavy atom. The van der Waals surface area contributed by atoms with Crippen molar-refractivity contribution in [3.05, 3.63) is 38.8 Å². The van der Waals surface area contributed by atoms with Crippen molar-refractivity contribution in [2.75, 3.05) is 0 Å². The van der Waals surface area contributed by atoms with E-state index in [-0.39, 0.29) is 11.4 Å². The number of nitro groups is 1. The number of nitrogens with zero attached hydrogens (tertiary/aromatic N) is 4. The van der Waals surface area contributed by atoms with Gasteiger partial charge < -0.3 is 5.11 Å². The molecule has 0 saturated carbocycles. The zero-order valence-electron chi connectivity index (χ0n) is 6.28. The molecule has 0 spiro atoms. The third-order valence-electron chi connectivity index (χ3n) is 1.32. The van der Waals surface area contributed by atoms with Gasteiger partial charge in [-0.05, 0) is 11.6 Å². The van der Waals surface area contributed by atoms with Crippen LogP contribution >= 0.6 is 0 Å². The van der Waals surface area contributed by atoms with E-state index in [9.17, 15) is 10.1 Å². The van der Waals surface area contributed by atoms with Gasteiger partial charge in [0, 0.05) is 11.0 Å². The minimum Gasteiger partial charge on any atom is -0.507 e. The van der Waals surface area contributed by atoms with Crippen LogP contribution in [0.2, 0.25) is 0 Å². The minimum absolute atomic E-state index is 0.0342. The fourth-order valence-electron chi connectivity index (χ4n) is 0.758. The summed E-state index contributed by atoms with van der Waals surface area (Å²) in [4.78, 5) is 12.0. The molecule has 0 aromatic heterocycles. The Balaban J connectivity index is 3.19. The Morgan fingerprint density at radius 1 is 1.62 bits per heavy atom. The van der Waals surface area contributed by atoms with Crippen LogP contribution < -0.4 is 0 Å². The van der Waals surface area contributed by atoms with E-state index in [0.717, 1.165) is 12.1 Å². The summed E-state index contributed by atoms with van der Waals surface area (Å²) in [6, 6.07) is 3.24. The van der Waals surface area contributed by atoms with E-state index in [4.69, 9.17) is 10.6 Å². The van der Waals surface area contributed by atoms with Crippen molar-refractivity contribution in [3.63, 3.8) is 0 Å². The number of non-ortho nitro benzene ring substituents is 1. The van der Waals surface area contributed by atoms with E-state index in [1.54, 1.807) is 0 Å². The second kappa shape index (κ2) is 3.42. The van der Waals surface area contributed by atoms with Crippen LogP contribution in [0.3, 0.4) is 0 Å². The molecule has 13 heavy (non-hydrogen) atoms. The highest BCUT2D eigenvalue weighted by atomic mass is 16.6. The highest BCUT2D eigenvalue weighted by molar-refractivity contribution is 5.55. The Kier molecular flexibility index (Phi) is 2.32. The maximum absolute atomic E-state index is 10.2. The molecule has 1 aromatic carbocycles. The van der Waals surface area contributed by atoms with E-state index in [1.807, 2.05) is 0 Å². The van der Waals surface area contributed by atoms with Gasteiger partial charge in [0.2, 0.25) is 0 Å². The summed E-state index contributed by atoms with van der Waals surface area (Å²) in [5.41, 5.74) is 7.75. The number of hydrogen-bond donors (Lipinski definition) is 1. The van der Waals surface area contributed by atoms with Gasteiger partial charge in [-0.2, -0.15) is 0 Å². The first-order chi connectivity index (χ1) is 6.15. The summed E-state index contributed by atoms with van der Waals surface area (Å²) in [5.74, 6) is -0.410. The summed E-state index contributed by atoms with van der Waals surface area (Å²) in [6.45, 7) is 0. The Labute approximate surface area is 72.0 Å². The Morgan fingerprint density at radius 2 is 2.31 bits per heavy atom. The zero-order chi connectivity index (χ0) is 9.84. The van der Waals surface area contributed by atoms with Crippen LogP contribution in [0.25, 0.3) is 10.4 Å². The van der Waals surface area contributed by atoms with Crippen LogP contribution in [0.1, 0.15) is 0 Å². The van der Waals surface area contributed by atoms with Crippen LogP contribution in [-0.4, -0.2) is 10.0 Å². The SMILES string of the molecule is [N-]=[N+]=Nc1ccc([N+](=O)[O-])cc1O. The van der Waals surface area contributed by atoms with Gasteiger partial charge in [-0.25, -0.2) is 0 Å². The molecular formula is C6H4N4O3. The lowest BCUT2D eigenvalue weighted by Crippen LogP contribution is -1.86. The summed E-state index contributed by atoms with van der Waals surface area (Å²) < 4.78 is 0. The van der Waals surface area contributed by atoms with Crippen molar-refractivity contribution in [1.82, 2.24) is 0 Å². The van der Waals surface area contributed by atoms with Gasteiger partial charge in [-0.3, -0.25) is 10.1 Å². The normalized spacial score (nSPS) is 8.92. The van der Waals surface area contributed by atoms with Crippen molar-refractivity contribution in [1.29, 1.82) is 0 Å². The van der Waals surface area contributed by atoms with E-state index in [1.165, 1.54) is 6.07 Å². The van der Waals surface area contributed by atoms with Crippen molar-refractivity contribution < 1.29 is 10.0 Å². The first-order valence-corrected chi connectivity index (χ1v) is 3.17. The van der Waals surface area contributed by atoms with Crippen molar-refractivity contribution >= 4 is 11.4 Å². The average Bonchev–Trinajstić information content (AvgIpc) is 2.08. The second-order valence-corrected chi connectivity index (χ2v) is 2.12. The van der Waals surface area contributed by atoms with Crippen LogP contribution in [0.15, 0.2) is 23.3 Å². The molecule has 0 radical (unpaired) electrons. The molecule has 1 aromatic rings. The standard InChI is InChI=1S/C6H4N4O3/c7-9-8-5-2-1-4(10(12)13)3-6(5)11/h1-3,11H. The minimum atomic E-state index is -0.653. The molecule has 0 aliphatic heterocycles. The number of nitro benzene ring substituents is 1. The maximum atomic E-state index is 10.2. The van der Waals surface area contributed by atoms with E-state index >= 15 is 0 Å². The van der Waals surface area contributed by atoms with Gasteiger partial charge in [-0.15, -0.1) is 0 Å². The molecule has 7 nitrogen and oxygen atoms in total. The van der Waals surface area contributed by atoms with E-state index in [0.29, 0.717) is 0 Å². The molecule has 0 fully saturated rings. The fraction of sp³-hybridized carbons (Fsp3) is 0. The summed E-state index contributed by atoms with van der Waals surface area (Å²) >= 11 is 0. The quantitative estimate of drug-likeness (QED) is 0.247. The molecule has 0 unspecified atom stereocenters. The lowest BCUT2D eigenvalue weighted by Gasteiger charge is -1.95. The molecule has 0 amide bonds. The van der Waals surface area contributed by atoms with Gasteiger partial charge in [-0.1, -0.05) is 5.11 Å². The second-order valence-electron chi connectivity index (χ2n) is 2.12. The Bertz CT molecular complexity index is 397. The Hall–Kier alpha value is -2.27. The molecule has 66 valence electrons. The van der Waals surface area contributed by atoms with Crippen LogP contribution in [0.5, 0.6) is 5.75 Å². The summed E-state index contributed by atoms with van der Waals surface area (Å²) in [7, 11) is 0. The summed E-state index contributed by atoms with van der Waals surface area (Å²) in [6.07, 6.45) is 0. The van der Waals surface area contributed by atoms with Crippen molar-refractivity contribution in [2.24, 2.45) is 5.11 Å². The molecule has 0 heterocycles. The topological polar surface area (TPSA) is 112 Å². The molecule has 0 atom stereocenters. The summed E-state index contributed by atoms with van der Waals surface area (Å²) in [5, 5.41) is 22.4. The molecule has 7 heteroatoms. The number of phenols is 1. The number of aromatic hydroxyl groups is 1. The first kappa shape index (κ1) is 8.82. The van der Waals surface area contributed by atoms with E-state index < -0.39 is 10.7 Å². The lowest BCUT2D eigenvalue weighted by atomic mass is 10.2. The molecule has 0 aliphatic carbocycles. The number of hydrogen-bond acceptors (Lipinski definition) is 4. The number of phenolic OH excluding ortho intramolecular Hbond substituents is 1. The molecule has 0 saturated heterocycles. The highest BCUT2D eigenvalue weighted by Gasteiger charge is 2.08. The van der Waals surface area contributed by atoms with Crippen LogP contribution in [0.4, 0.5) is 11.4 Å². The zero-order valence-corrected chi connectivity index (χ0v) is 6.28. The molecule has 0 bridgehead atoms. The first-order valence-electron chi connectivity index (χ1n) is 3.17. The third kappa shape index (κ3) is 1.85. The number of rotatable bonds is 2. The predicted octanol–water partition coefficient (Wildman–Crippen LogP) is 2.24. The molecule has 1 rings (SSSR count). The number of azide groups is 1. The average molecular weight is 180 g/mol. The monoisotopic (exact) mass is 180 g/mol. The predicted molar refractivity (Wildman–Crippen MR) is 43.6 cm³/mol. The third-order valence-corrected chi connectivity index (χ3v) is 1.32. The molecule has 1 N–H and O–H groups in total. The van der Waals surface area contributed by atoms with Crippen molar-refractivity contribution in [2.45, 2.75) is 0 Å². The van der Waals surface area contributed by atoms with Gasteiger partial charge in [0.05, 0.1) is 16.7 Å². The van der Waals surface area contributed by atoms with Crippen LogP contribution in [-0.2, 0) is 0 Å². The number of benzene rings is 1. The molecular weight excluding hydrogens is 176 g/mol.